The quantitative estimate of drug-likeness (QED) is 0.733. The van der Waals surface area contributed by atoms with Crippen molar-refractivity contribution in [2.45, 2.75) is 71.4 Å². The van der Waals surface area contributed by atoms with Crippen molar-refractivity contribution in [3.05, 3.63) is 0 Å². The van der Waals surface area contributed by atoms with Gasteiger partial charge in [-0.25, -0.2) is 0 Å². The molecule has 100 valence electrons. The molecule has 2 unspecified atom stereocenters. The highest BCUT2D eigenvalue weighted by Crippen LogP contribution is 2.29. The van der Waals surface area contributed by atoms with Crippen LogP contribution in [0.25, 0.3) is 0 Å². The van der Waals surface area contributed by atoms with Gasteiger partial charge in [-0.3, -0.25) is 4.90 Å². The van der Waals surface area contributed by atoms with Crippen LogP contribution in [0.3, 0.4) is 0 Å². The first kappa shape index (κ1) is 13.4. The maximum absolute atomic E-state index is 3.73. The number of rotatable bonds is 7. The van der Waals surface area contributed by atoms with Gasteiger partial charge in [-0.15, -0.1) is 0 Å². The highest BCUT2D eigenvalue weighted by atomic mass is 15.2. The van der Waals surface area contributed by atoms with Gasteiger partial charge in [0.25, 0.3) is 0 Å². The van der Waals surface area contributed by atoms with Gasteiger partial charge in [0.2, 0.25) is 0 Å². The van der Waals surface area contributed by atoms with Crippen LogP contribution in [0.4, 0.5) is 0 Å². The van der Waals surface area contributed by atoms with Crippen molar-refractivity contribution in [3.8, 4) is 0 Å². The topological polar surface area (TPSA) is 15.3 Å². The molecule has 2 aliphatic rings. The zero-order valence-electron chi connectivity index (χ0n) is 12.0. The molecule has 0 aromatic carbocycles. The largest absolute Gasteiger partial charge is 0.313 e. The molecule has 0 aromatic rings. The van der Waals surface area contributed by atoms with Gasteiger partial charge in [-0.2, -0.15) is 0 Å². The van der Waals surface area contributed by atoms with Gasteiger partial charge in [0.05, 0.1) is 0 Å². The van der Waals surface area contributed by atoms with Crippen LogP contribution >= 0.6 is 0 Å². The molecule has 0 aromatic heterocycles. The minimum absolute atomic E-state index is 0.473. The molecule has 2 rings (SSSR count). The number of hydrogen-bond acceptors (Lipinski definition) is 2. The molecule has 1 aliphatic carbocycles. The minimum atomic E-state index is 0.473. The average Bonchev–Trinajstić information content (AvgIpc) is 3.07. The highest BCUT2D eigenvalue weighted by molar-refractivity contribution is 4.89. The second-order valence-corrected chi connectivity index (χ2v) is 6.49. The number of nitrogens with one attached hydrogen (secondary N) is 1. The van der Waals surface area contributed by atoms with Gasteiger partial charge in [-0.05, 0) is 50.5 Å². The van der Waals surface area contributed by atoms with Crippen molar-refractivity contribution in [1.82, 2.24) is 10.2 Å². The summed E-state index contributed by atoms with van der Waals surface area (Å²) in [5.74, 6) is 0. The van der Waals surface area contributed by atoms with E-state index < -0.39 is 0 Å². The third kappa shape index (κ3) is 3.69. The van der Waals surface area contributed by atoms with Crippen LogP contribution in [-0.4, -0.2) is 36.6 Å². The number of hydrogen-bond donors (Lipinski definition) is 1. The molecule has 0 spiro atoms. The zero-order chi connectivity index (χ0) is 12.3. The van der Waals surface area contributed by atoms with E-state index in [0.717, 1.165) is 12.1 Å². The minimum Gasteiger partial charge on any atom is -0.313 e. The molecule has 0 amide bonds. The summed E-state index contributed by atoms with van der Waals surface area (Å²) in [5.41, 5.74) is 0.473. The van der Waals surface area contributed by atoms with Crippen molar-refractivity contribution in [2.75, 3.05) is 19.6 Å². The van der Waals surface area contributed by atoms with Gasteiger partial charge >= 0.3 is 0 Å². The summed E-state index contributed by atoms with van der Waals surface area (Å²) in [6.45, 7) is 11.0. The van der Waals surface area contributed by atoms with Crippen molar-refractivity contribution in [2.24, 2.45) is 5.41 Å². The lowest BCUT2D eigenvalue weighted by Gasteiger charge is -2.36. The Labute approximate surface area is 107 Å². The summed E-state index contributed by atoms with van der Waals surface area (Å²) in [7, 11) is 0. The van der Waals surface area contributed by atoms with Gasteiger partial charge in [0, 0.05) is 25.2 Å². The Morgan fingerprint density at radius 3 is 2.59 bits per heavy atom. The zero-order valence-corrected chi connectivity index (χ0v) is 12.0. The molecular weight excluding hydrogens is 208 g/mol. The Bertz CT molecular complexity index is 237. The molecule has 17 heavy (non-hydrogen) atoms. The van der Waals surface area contributed by atoms with E-state index in [4.69, 9.17) is 0 Å². The molecule has 0 bridgehead atoms. The van der Waals surface area contributed by atoms with Crippen LogP contribution in [0.15, 0.2) is 0 Å². The lowest BCUT2D eigenvalue weighted by Crippen LogP contribution is -2.44. The third-order valence-electron chi connectivity index (χ3n) is 4.80. The molecule has 2 nitrogen and oxygen atoms in total. The smallest absolute Gasteiger partial charge is 0.00933 e. The van der Waals surface area contributed by atoms with Crippen LogP contribution < -0.4 is 5.32 Å². The Kier molecular flexibility index (Phi) is 4.48. The fourth-order valence-corrected chi connectivity index (χ4v) is 3.03. The highest BCUT2D eigenvalue weighted by Gasteiger charge is 2.32. The van der Waals surface area contributed by atoms with Crippen LogP contribution in [0, 0.1) is 5.41 Å². The van der Waals surface area contributed by atoms with E-state index in [9.17, 15) is 0 Å². The summed E-state index contributed by atoms with van der Waals surface area (Å²) in [5, 5.41) is 3.73. The normalized spacial score (nSPS) is 29.5. The Balaban J connectivity index is 1.83. The van der Waals surface area contributed by atoms with Crippen LogP contribution in [-0.2, 0) is 0 Å². The standard InChI is InChI=1S/C15H30N2/c1-4-14-7-6-10-17(14)12-15(3,5-2)11-16-13-8-9-13/h13-14,16H,4-12H2,1-3H3. The van der Waals surface area contributed by atoms with E-state index in [0.29, 0.717) is 5.41 Å². The van der Waals surface area contributed by atoms with Crippen LogP contribution in [0.2, 0.25) is 0 Å². The second-order valence-electron chi connectivity index (χ2n) is 6.49. The molecule has 1 saturated heterocycles. The van der Waals surface area contributed by atoms with E-state index in [2.05, 4.69) is 31.0 Å². The Morgan fingerprint density at radius 2 is 2.00 bits per heavy atom. The van der Waals surface area contributed by atoms with Crippen molar-refractivity contribution in [1.29, 1.82) is 0 Å². The van der Waals surface area contributed by atoms with E-state index in [-0.39, 0.29) is 0 Å². The molecule has 2 heteroatoms. The maximum atomic E-state index is 3.73. The number of nitrogens with zero attached hydrogens (tertiary/aromatic N) is 1. The molecule has 2 atom stereocenters. The predicted octanol–water partition coefficient (Wildman–Crippen LogP) is 3.03. The van der Waals surface area contributed by atoms with Crippen LogP contribution in [0.1, 0.15) is 59.3 Å². The van der Waals surface area contributed by atoms with E-state index >= 15 is 0 Å². The molecule has 1 aliphatic heterocycles. The van der Waals surface area contributed by atoms with Crippen LogP contribution in [0.5, 0.6) is 0 Å². The summed E-state index contributed by atoms with van der Waals surface area (Å²) < 4.78 is 0. The third-order valence-corrected chi connectivity index (χ3v) is 4.80. The molecule has 0 radical (unpaired) electrons. The Hall–Kier alpha value is -0.0800. The van der Waals surface area contributed by atoms with Crippen molar-refractivity contribution >= 4 is 0 Å². The Morgan fingerprint density at radius 1 is 1.24 bits per heavy atom. The first-order chi connectivity index (χ1) is 8.17. The predicted molar refractivity (Wildman–Crippen MR) is 74.3 cm³/mol. The van der Waals surface area contributed by atoms with E-state index in [1.54, 1.807) is 0 Å². The lowest BCUT2D eigenvalue weighted by molar-refractivity contribution is 0.141. The first-order valence-corrected chi connectivity index (χ1v) is 7.64. The fraction of sp³-hybridized carbons (Fsp3) is 1.00. The second kappa shape index (κ2) is 5.71. The molecule has 1 N–H and O–H groups in total. The molecule has 2 fully saturated rings. The first-order valence-electron chi connectivity index (χ1n) is 7.64. The average molecular weight is 238 g/mol. The van der Waals surface area contributed by atoms with Crippen molar-refractivity contribution in [3.63, 3.8) is 0 Å². The van der Waals surface area contributed by atoms with E-state index in [1.807, 2.05) is 0 Å². The summed E-state index contributed by atoms with van der Waals surface area (Å²) in [4.78, 5) is 2.75. The SMILES string of the molecule is CCC1CCCN1CC(C)(CC)CNC1CC1. The summed E-state index contributed by atoms with van der Waals surface area (Å²) in [6.07, 6.45) is 8.26. The van der Waals surface area contributed by atoms with Gasteiger partial charge in [0.15, 0.2) is 0 Å². The maximum Gasteiger partial charge on any atom is 0.00933 e. The monoisotopic (exact) mass is 238 g/mol. The number of likely N-dealkylation sites (tertiary alicyclic amines) is 1. The molecule has 1 saturated carbocycles. The van der Waals surface area contributed by atoms with E-state index in [1.165, 1.54) is 58.2 Å². The van der Waals surface area contributed by atoms with Gasteiger partial charge in [0.1, 0.15) is 0 Å². The lowest BCUT2D eigenvalue weighted by atomic mass is 9.86. The van der Waals surface area contributed by atoms with Gasteiger partial charge in [-0.1, -0.05) is 20.8 Å². The summed E-state index contributed by atoms with van der Waals surface area (Å²) >= 11 is 0. The molecule has 1 heterocycles. The van der Waals surface area contributed by atoms with Gasteiger partial charge < -0.3 is 5.32 Å². The van der Waals surface area contributed by atoms with Crippen molar-refractivity contribution < 1.29 is 0 Å². The molecular formula is C15H30N2. The summed E-state index contributed by atoms with van der Waals surface area (Å²) in [6, 6.07) is 1.71. The fourth-order valence-electron chi connectivity index (χ4n) is 3.03.